The van der Waals surface area contributed by atoms with E-state index in [9.17, 15) is 4.79 Å². The molecule has 1 atom stereocenters. The first-order valence-corrected chi connectivity index (χ1v) is 4.84. The molecule has 2 N–H and O–H groups in total. The summed E-state index contributed by atoms with van der Waals surface area (Å²) in [5, 5.41) is 2.02. The minimum Gasteiger partial charge on any atom is -0.327 e. The molecule has 0 saturated heterocycles. The van der Waals surface area contributed by atoms with Gasteiger partial charge in [0.2, 0.25) is 0 Å². The fraction of sp³-hybridized carbons (Fsp3) is 0.444. The number of ketones is 1. The maximum atomic E-state index is 10.7. The van der Waals surface area contributed by atoms with E-state index in [0.717, 1.165) is 6.42 Å². The summed E-state index contributed by atoms with van der Waals surface area (Å²) in [4.78, 5) is 12.0. The van der Waals surface area contributed by atoms with Gasteiger partial charge in [0.25, 0.3) is 0 Å². The van der Waals surface area contributed by atoms with Crippen LogP contribution < -0.4 is 5.73 Å². The SMILES string of the molecule is CC(=O)C[C@@H](N)Cc1cccs1. The number of nitrogens with two attached hydrogens (primary N) is 1. The van der Waals surface area contributed by atoms with Crippen LogP contribution in [0.15, 0.2) is 17.5 Å². The maximum Gasteiger partial charge on any atom is 0.131 e. The third-order valence-electron chi connectivity index (χ3n) is 1.59. The summed E-state index contributed by atoms with van der Waals surface area (Å²) in [5.74, 6) is 0.166. The van der Waals surface area contributed by atoms with E-state index in [1.165, 1.54) is 4.88 Å². The second-order valence-corrected chi connectivity index (χ2v) is 3.98. The van der Waals surface area contributed by atoms with Gasteiger partial charge in [-0.1, -0.05) is 6.07 Å². The predicted molar refractivity (Wildman–Crippen MR) is 51.3 cm³/mol. The molecule has 1 rings (SSSR count). The van der Waals surface area contributed by atoms with Crippen molar-refractivity contribution in [1.82, 2.24) is 0 Å². The highest BCUT2D eigenvalue weighted by atomic mass is 32.1. The Morgan fingerprint density at radius 3 is 3.00 bits per heavy atom. The van der Waals surface area contributed by atoms with Crippen LogP contribution in [-0.4, -0.2) is 11.8 Å². The van der Waals surface area contributed by atoms with E-state index < -0.39 is 0 Å². The van der Waals surface area contributed by atoms with E-state index in [4.69, 9.17) is 5.73 Å². The molecule has 1 heterocycles. The van der Waals surface area contributed by atoms with Gasteiger partial charge in [0.15, 0.2) is 0 Å². The molecule has 0 bridgehead atoms. The molecule has 2 nitrogen and oxygen atoms in total. The summed E-state index contributed by atoms with van der Waals surface area (Å²) in [6.07, 6.45) is 1.30. The Labute approximate surface area is 76.4 Å². The molecular formula is C9H13NOS. The fourth-order valence-electron chi connectivity index (χ4n) is 1.13. The van der Waals surface area contributed by atoms with Crippen molar-refractivity contribution >= 4 is 17.1 Å². The van der Waals surface area contributed by atoms with E-state index in [-0.39, 0.29) is 11.8 Å². The number of Topliss-reactive ketones (excluding diaryl/α,β-unsaturated/α-hetero) is 1. The van der Waals surface area contributed by atoms with Gasteiger partial charge < -0.3 is 5.73 Å². The lowest BCUT2D eigenvalue weighted by atomic mass is 10.1. The molecular weight excluding hydrogens is 170 g/mol. The van der Waals surface area contributed by atoms with Crippen molar-refractivity contribution in [1.29, 1.82) is 0 Å². The summed E-state index contributed by atoms with van der Waals surface area (Å²) < 4.78 is 0. The summed E-state index contributed by atoms with van der Waals surface area (Å²) >= 11 is 1.69. The first kappa shape index (κ1) is 9.42. The van der Waals surface area contributed by atoms with Gasteiger partial charge >= 0.3 is 0 Å². The first-order chi connectivity index (χ1) is 5.68. The molecule has 0 saturated carbocycles. The minimum atomic E-state index is -0.0128. The Hall–Kier alpha value is -0.670. The number of hydrogen-bond acceptors (Lipinski definition) is 3. The zero-order valence-electron chi connectivity index (χ0n) is 7.12. The van der Waals surface area contributed by atoms with Crippen molar-refractivity contribution in [2.24, 2.45) is 5.73 Å². The predicted octanol–water partition coefficient (Wildman–Crippen LogP) is 1.60. The average Bonchev–Trinajstić information content (AvgIpc) is 2.37. The monoisotopic (exact) mass is 183 g/mol. The van der Waals surface area contributed by atoms with Crippen LogP contribution in [0.1, 0.15) is 18.2 Å². The van der Waals surface area contributed by atoms with Crippen LogP contribution in [0.4, 0.5) is 0 Å². The van der Waals surface area contributed by atoms with Gasteiger partial charge in [-0.2, -0.15) is 0 Å². The third kappa shape index (κ3) is 3.15. The van der Waals surface area contributed by atoms with Crippen LogP contribution in [0, 0.1) is 0 Å². The highest BCUT2D eigenvalue weighted by Gasteiger charge is 2.06. The number of carbonyl (C=O) groups is 1. The zero-order valence-corrected chi connectivity index (χ0v) is 7.93. The van der Waals surface area contributed by atoms with Crippen molar-refractivity contribution in [2.75, 3.05) is 0 Å². The van der Waals surface area contributed by atoms with Gasteiger partial charge in [0.1, 0.15) is 5.78 Å². The largest absolute Gasteiger partial charge is 0.327 e. The van der Waals surface area contributed by atoms with Crippen LogP contribution in [0.25, 0.3) is 0 Å². The first-order valence-electron chi connectivity index (χ1n) is 3.96. The molecule has 12 heavy (non-hydrogen) atoms. The number of thiophene rings is 1. The molecule has 0 aliphatic rings. The zero-order chi connectivity index (χ0) is 8.97. The average molecular weight is 183 g/mol. The van der Waals surface area contributed by atoms with Gasteiger partial charge in [-0.05, 0) is 24.8 Å². The van der Waals surface area contributed by atoms with Gasteiger partial charge in [-0.25, -0.2) is 0 Å². The highest BCUT2D eigenvalue weighted by Crippen LogP contribution is 2.11. The van der Waals surface area contributed by atoms with Crippen LogP contribution >= 0.6 is 11.3 Å². The Kier molecular flexibility index (Phi) is 3.44. The summed E-state index contributed by atoms with van der Waals surface area (Å²) in [6, 6.07) is 4.03. The topological polar surface area (TPSA) is 43.1 Å². The van der Waals surface area contributed by atoms with E-state index in [2.05, 4.69) is 0 Å². The quantitative estimate of drug-likeness (QED) is 0.770. The van der Waals surface area contributed by atoms with Crippen LogP contribution in [0.3, 0.4) is 0 Å². The molecule has 0 aliphatic heterocycles. The van der Waals surface area contributed by atoms with Gasteiger partial charge in [0.05, 0.1) is 0 Å². The number of rotatable bonds is 4. The Balaban J connectivity index is 2.36. The molecule has 66 valence electrons. The lowest BCUT2D eigenvalue weighted by Gasteiger charge is -2.06. The molecule has 0 unspecified atom stereocenters. The molecule has 0 aromatic carbocycles. The number of carbonyl (C=O) groups excluding carboxylic acids is 1. The normalized spacial score (nSPS) is 12.8. The fourth-order valence-corrected chi connectivity index (χ4v) is 1.93. The smallest absolute Gasteiger partial charge is 0.131 e. The van der Waals surface area contributed by atoms with Crippen molar-refractivity contribution < 1.29 is 4.79 Å². The van der Waals surface area contributed by atoms with E-state index in [1.807, 2.05) is 17.5 Å². The third-order valence-corrected chi connectivity index (χ3v) is 2.49. The Morgan fingerprint density at radius 1 is 1.75 bits per heavy atom. The Bertz CT molecular complexity index is 243. The van der Waals surface area contributed by atoms with Crippen LogP contribution in [0.2, 0.25) is 0 Å². The van der Waals surface area contributed by atoms with Crippen molar-refractivity contribution in [3.63, 3.8) is 0 Å². The van der Waals surface area contributed by atoms with E-state index >= 15 is 0 Å². The standard InChI is InChI=1S/C9H13NOS/c1-7(11)5-8(10)6-9-3-2-4-12-9/h2-4,8H,5-6,10H2,1H3/t8-/m1/s1. The molecule has 1 aromatic heterocycles. The van der Waals surface area contributed by atoms with Crippen molar-refractivity contribution in [2.45, 2.75) is 25.8 Å². The molecule has 3 heteroatoms. The van der Waals surface area contributed by atoms with Gasteiger partial charge in [-0.3, -0.25) is 4.79 Å². The van der Waals surface area contributed by atoms with Crippen LogP contribution in [0.5, 0.6) is 0 Å². The van der Waals surface area contributed by atoms with Gasteiger partial charge in [0, 0.05) is 17.3 Å². The number of hydrogen-bond donors (Lipinski definition) is 1. The minimum absolute atomic E-state index is 0.0128. The molecule has 0 aliphatic carbocycles. The lowest BCUT2D eigenvalue weighted by molar-refractivity contribution is -0.117. The van der Waals surface area contributed by atoms with Crippen molar-refractivity contribution in [3.8, 4) is 0 Å². The molecule has 0 amide bonds. The maximum absolute atomic E-state index is 10.7. The molecule has 0 spiro atoms. The van der Waals surface area contributed by atoms with Crippen LogP contribution in [-0.2, 0) is 11.2 Å². The molecule has 1 aromatic rings. The molecule has 0 fully saturated rings. The van der Waals surface area contributed by atoms with Crippen molar-refractivity contribution in [3.05, 3.63) is 22.4 Å². The second-order valence-electron chi connectivity index (χ2n) is 2.95. The van der Waals surface area contributed by atoms with E-state index in [0.29, 0.717) is 6.42 Å². The molecule has 0 radical (unpaired) electrons. The lowest BCUT2D eigenvalue weighted by Crippen LogP contribution is -2.24. The second kappa shape index (κ2) is 4.38. The van der Waals surface area contributed by atoms with Gasteiger partial charge in [-0.15, -0.1) is 11.3 Å². The highest BCUT2D eigenvalue weighted by molar-refractivity contribution is 7.09. The summed E-state index contributed by atoms with van der Waals surface area (Å²) in [5.41, 5.74) is 5.75. The summed E-state index contributed by atoms with van der Waals surface area (Å²) in [6.45, 7) is 1.58. The summed E-state index contributed by atoms with van der Waals surface area (Å²) in [7, 11) is 0. The van der Waals surface area contributed by atoms with E-state index in [1.54, 1.807) is 18.3 Å². The Morgan fingerprint density at radius 2 is 2.50 bits per heavy atom.